The lowest BCUT2D eigenvalue weighted by Gasteiger charge is -2.16. The molecule has 0 atom stereocenters. The number of nitrogens with zero attached hydrogens (tertiary/aromatic N) is 2. The molecule has 0 amide bonds. The molecule has 0 aliphatic rings. The van der Waals surface area contributed by atoms with Crippen molar-refractivity contribution in [3.05, 3.63) is 82.0 Å². The molecule has 0 radical (unpaired) electrons. The quantitative estimate of drug-likeness (QED) is 0.257. The summed E-state index contributed by atoms with van der Waals surface area (Å²) in [6.45, 7) is 1.11. The van der Waals surface area contributed by atoms with Crippen LogP contribution in [0.4, 0.5) is 0 Å². The molecule has 6 nitrogen and oxygen atoms in total. The highest BCUT2D eigenvalue weighted by Crippen LogP contribution is 2.38. The summed E-state index contributed by atoms with van der Waals surface area (Å²) in [4.78, 5) is 19.1. The van der Waals surface area contributed by atoms with Gasteiger partial charge in [0, 0.05) is 24.9 Å². The highest BCUT2D eigenvalue weighted by molar-refractivity contribution is 6.42. The van der Waals surface area contributed by atoms with E-state index in [1.165, 1.54) is 6.08 Å². The van der Waals surface area contributed by atoms with E-state index in [0.717, 1.165) is 11.3 Å². The molecule has 8 heteroatoms. The fourth-order valence-corrected chi connectivity index (χ4v) is 3.09. The van der Waals surface area contributed by atoms with E-state index in [2.05, 4.69) is 4.98 Å². The average Bonchev–Trinajstić information content (AvgIpc) is 2.81. The highest BCUT2D eigenvalue weighted by Gasteiger charge is 2.17. The van der Waals surface area contributed by atoms with Gasteiger partial charge in [0.25, 0.3) is 0 Å². The standard InChI is InChI=1S/C25H24Cl2N2O4/c1-29(2)13-14-32-23-15-20(26)21(27)16-24(23)33-25-19(5-4-12-28-25)22(30)11-8-17-6-9-18(31-3)10-7-17/h4-12,15-16H,13-14H2,1-3H3. The van der Waals surface area contributed by atoms with Gasteiger partial charge in [-0.1, -0.05) is 41.4 Å². The average molecular weight is 487 g/mol. The monoisotopic (exact) mass is 486 g/mol. The summed E-state index contributed by atoms with van der Waals surface area (Å²) in [7, 11) is 5.49. The van der Waals surface area contributed by atoms with Crippen molar-refractivity contribution < 1.29 is 19.0 Å². The van der Waals surface area contributed by atoms with Gasteiger partial charge in [0.15, 0.2) is 17.3 Å². The zero-order chi connectivity index (χ0) is 23.8. The molecule has 3 aromatic rings. The first kappa shape index (κ1) is 24.6. The minimum absolute atomic E-state index is 0.137. The lowest BCUT2D eigenvalue weighted by atomic mass is 10.1. The summed E-state index contributed by atoms with van der Waals surface area (Å²) in [6.07, 6.45) is 4.73. The van der Waals surface area contributed by atoms with Gasteiger partial charge in [-0.2, -0.15) is 0 Å². The number of benzene rings is 2. The van der Waals surface area contributed by atoms with Crippen molar-refractivity contribution in [3.8, 4) is 23.1 Å². The lowest BCUT2D eigenvalue weighted by molar-refractivity contribution is 0.104. The van der Waals surface area contributed by atoms with E-state index < -0.39 is 0 Å². The van der Waals surface area contributed by atoms with Gasteiger partial charge in [-0.25, -0.2) is 4.98 Å². The van der Waals surface area contributed by atoms with Crippen LogP contribution < -0.4 is 14.2 Å². The summed E-state index contributed by atoms with van der Waals surface area (Å²) in [5, 5.41) is 0.637. The van der Waals surface area contributed by atoms with E-state index in [1.54, 1.807) is 43.6 Å². The highest BCUT2D eigenvalue weighted by atomic mass is 35.5. The molecule has 0 spiro atoms. The van der Waals surface area contributed by atoms with Gasteiger partial charge in [0.1, 0.15) is 12.4 Å². The molecule has 0 aliphatic carbocycles. The first-order valence-electron chi connectivity index (χ1n) is 10.1. The summed E-state index contributed by atoms with van der Waals surface area (Å²) in [6, 6.07) is 13.8. The second-order valence-corrected chi connectivity index (χ2v) is 8.11. The fraction of sp³-hybridized carbons (Fsp3) is 0.200. The molecule has 0 fully saturated rings. The van der Waals surface area contributed by atoms with Gasteiger partial charge < -0.3 is 19.1 Å². The Hall–Kier alpha value is -3.06. The number of aromatic nitrogens is 1. The molecule has 1 heterocycles. The van der Waals surface area contributed by atoms with Crippen LogP contribution in [0.25, 0.3) is 6.08 Å². The maximum Gasteiger partial charge on any atom is 0.230 e. The Morgan fingerprint density at radius 3 is 2.42 bits per heavy atom. The smallest absolute Gasteiger partial charge is 0.230 e. The molecular weight excluding hydrogens is 463 g/mol. The van der Waals surface area contributed by atoms with E-state index >= 15 is 0 Å². The number of carbonyl (C=O) groups is 1. The van der Waals surface area contributed by atoms with E-state index in [1.807, 2.05) is 43.3 Å². The number of likely N-dealkylation sites (N-methyl/N-ethyl adjacent to an activating group) is 1. The Labute approximate surface area is 203 Å². The Morgan fingerprint density at radius 1 is 1.06 bits per heavy atom. The molecule has 33 heavy (non-hydrogen) atoms. The van der Waals surface area contributed by atoms with Crippen molar-refractivity contribution in [1.82, 2.24) is 9.88 Å². The number of ketones is 1. The van der Waals surface area contributed by atoms with Crippen molar-refractivity contribution in [2.24, 2.45) is 0 Å². The zero-order valence-corrected chi connectivity index (χ0v) is 20.1. The predicted octanol–water partition coefficient (Wildman–Crippen LogP) is 6.03. The first-order chi connectivity index (χ1) is 15.9. The number of pyridine rings is 1. The maximum absolute atomic E-state index is 12.9. The number of rotatable bonds is 10. The summed E-state index contributed by atoms with van der Waals surface area (Å²) < 4.78 is 17.0. The topological polar surface area (TPSA) is 60.9 Å². The van der Waals surface area contributed by atoms with Gasteiger partial charge in [0.05, 0.1) is 22.7 Å². The van der Waals surface area contributed by atoms with Gasteiger partial charge in [-0.05, 0) is 50.0 Å². The molecular formula is C25H24Cl2N2O4. The predicted molar refractivity (Wildman–Crippen MR) is 131 cm³/mol. The maximum atomic E-state index is 12.9. The van der Waals surface area contributed by atoms with Gasteiger partial charge in [-0.3, -0.25) is 4.79 Å². The van der Waals surface area contributed by atoms with Gasteiger partial charge >= 0.3 is 0 Å². The van der Waals surface area contributed by atoms with Crippen LogP contribution in [0.2, 0.25) is 10.0 Å². The minimum Gasteiger partial charge on any atom is -0.497 e. The van der Waals surface area contributed by atoms with E-state index in [9.17, 15) is 4.79 Å². The Morgan fingerprint density at radius 2 is 1.76 bits per heavy atom. The van der Waals surface area contributed by atoms with Crippen molar-refractivity contribution in [1.29, 1.82) is 0 Å². The number of hydrogen-bond acceptors (Lipinski definition) is 6. The van der Waals surface area contributed by atoms with Crippen LogP contribution in [-0.2, 0) is 0 Å². The number of methoxy groups -OCH3 is 1. The van der Waals surface area contributed by atoms with Crippen LogP contribution in [-0.4, -0.2) is 50.0 Å². The van der Waals surface area contributed by atoms with E-state index in [4.69, 9.17) is 37.4 Å². The van der Waals surface area contributed by atoms with Crippen LogP contribution in [0, 0.1) is 0 Å². The number of allylic oxidation sites excluding steroid dienone is 1. The zero-order valence-electron chi connectivity index (χ0n) is 18.5. The SMILES string of the molecule is COc1ccc(C=CC(=O)c2cccnc2Oc2cc(Cl)c(Cl)cc2OCCN(C)C)cc1. The molecule has 172 valence electrons. The van der Waals surface area contributed by atoms with Crippen LogP contribution in [0.15, 0.2) is 60.8 Å². The normalized spacial score (nSPS) is 11.1. The summed E-state index contributed by atoms with van der Waals surface area (Å²) in [5.41, 5.74) is 1.16. The Kier molecular flexibility index (Phi) is 8.72. The third-order valence-electron chi connectivity index (χ3n) is 4.57. The molecule has 0 N–H and O–H groups in total. The molecule has 0 bridgehead atoms. The third kappa shape index (κ3) is 6.96. The molecule has 2 aromatic carbocycles. The van der Waals surface area contributed by atoms with Crippen LogP contribution in [0.5, 0.6) is 23.1 Å². The lowest BCUT2D eigenvalue weighted by Crippen LogP contribution is -2.19. The second kappa shape index (κ2) is 11.7. The van der Waals surface area contributed by atoms with Gasteiger partial charge in [0.2, 0.25) is 5.88 Å². The first-order valence-corrected chi connectivity index (χ1v) is 10.9. The largest absolute Gasteiger partial charge is 0.497 e. The number of hydrogen-bond donors (Lipinski definition) is 0. The summed E-state index contributed by atoms with van der Waals surface area (Å²) in [5.74, 6) is 1.34. The van der Waals surface area contributed by atoms with E-state index in [-0.39, 0.29) is 11.7 Å². The Bertz CT molecular complexity index is 1130. The van der Waals surface area contributed by atoms with E-state index in [0.29, 0.717) is 40.3 Å². The molecule has 0 aliphatic heterocycles. The van der Waals surface area contributed by atoms with Crippen LogP contribution in [0.3, 0.4) is 0 Å². The van der Waals surface area contributed by atoms with Crippen molar-refractivity contribution in [3.63, 3.8) is 0 Å². The molecule has 0 saturated heterocycles. The Balaban J connectivity index is 1.83. The minimum atomic E-state index is -0.260. The van der Waals surface area contributed by atoms with Crippen molar-refractivity contribution in [2.75, 3.05) is 34.4 Å². The fourth-order valence-electron chi connectivity index (χ4n) is 2.78. The molecule has 3 rings (SSSR count). The molecule has 0 saturated carbocycles. The van der Waals surface area contributed by atoms with Crippen molar-refractivity contribution in [2.45, 2.75) is 0 Å². The number of carbonyl (C=O) groups excluding carboxylic acids is 1. The van der Waals surface area contributed by atoms with Crippen LogP contribution in [0.1, 0.15) is 15.9 Å². The molecule has 1 aromatic heterocycles. The van der Waals surface area contributed by atoms with Gasteiger partial charge in [-0.15, -0.1) is 0 Å². The number of halogens is 2. The van der Waals surface area contributed by atoms with Crippen molar-refractivity contribution >= 4 is 35.1 Å². The summed E-state index contributed by atoms with van der Waals surface area (Å²) >= 11 is 12.4. The molecule has 0 unspecified atom stereocenters. The third-order valence-corrected chi connectivity index (χ3v) is 5.29. The number of ether oxygens (including phenoxy) is 3. The van der Waals surface area contributed by atoms with Crippen LogP contribution >= 0.6 is 23.2 Å². The second-order valence-electron chi connectivity index (χ2n) is 7.29.